The van der Waals surface area contributed by atoms with Crippen LogP contribution in [0.15, 0.2) is 24.3 Å². The van der Waals surface area contributed by atoms with E-state index in [4.69, 9.17) is 0 Å². The average Bonchev–Trinajstić information content (AvgIpc) is 2.54. The molecule has 0 unspecified atom stereocenters. The summed E-state index contributed by atoms with van der Waals surface area (Å²) in [4.78, 5) is 16.8. The molecule has 1 aliphatic heterocycles. The van der Waals surface area contributed by atoms with Crippen LogP contribution in [0.3, 0.4) is 0 Å². The summed E-state index contributed by atoms with van der Waals surface area (Å²) >= 11 is 0. The Labute approximate surface area is 140 Å². The van der Waals surface area contributed by atoms with Gasteiger partial charge in [0.2, 0.25) is 5.91 Å². The fourth-order valence-electron chi connectivity index (χ4n) is 3.31. The minimum Gasteiger partial charge on any atom is -0.370 e. The normalized spacial score (nSPS) is 18.7. The number of piperidine rings is 1. The maximum atomic E-state index is 12.2. The summed E-state index contributed by atoms with van der Waals surface area (Å²) in [5.74, 6) is 0.184. The maximum Gasteiger partial charge on any atom is 0.221 e. The summed E-state index contributed by atoms with van der Waals surface area (Å²) in [7, 11) is 2.13. The first-order chi connectivity index (χ1) is 11.1. The number of hydrogen-bond acceptors (Lipinski definition) is 3. The van der Waals surface area contributed by atoms with Gasteiger partial charge in [0.05, 0.1) is 0 Å². The van der Waals surface area contributed by atoms with Gasteiger partial charge in [-0.2, -0.15) is 0 Å². The van der Waals surface area contributed by atoms with E-state index in [-0.39, 0.29) is 5.91 Å². The standard InChI is InChI=1S/C19H31N3O/c1-4-22(18-10-7-8-16(2)14-18)13-11-20-19(23)15-17-9-5-6-12-21(17)3/h7-8,10,14,17H,4-6,9,11-13,15H2,1-3H3,(H,20,23)/t17-/m1/s1. The molecule has 4 heteroatoms. The molecule has 1 aliphatic rings. The maximum absolute atomic E-state index is 12.2. The molecule has 0 saturated carbocycles. The van der Waals surface area contributed by atoms with Crippen LogP contribution in [0.25, 0.3) is 0 Å². The van der Waals surface area contributed by atoms with Gasteiger partial charge in [-0.05, 0) is 58.0 Å². The number of aryl methyl sites for hydroxylation is 1. The van der Waals surface area contributed by atoms with Crippen LogP contribution in [0.5, 0.6) is 0 Å². The molecule has 23 heavy (non-hydrogen) atoms. The molecule has 0 bridgehead atoms. The van der Waals surface area contributed by atoms with Gasteiger partial charge in [0.25, 0.3) is 0 Å². The second kappa shape index (κ2) is 8.92. The van der Waals surface area contributed by atoms with Crippen molar-refractivity contribution >= 4 is 11.6 Å². The topological polar surface area (TPSA) is 35.6 Å². The zero-order valence-corrected chi connectivity index (χ0v) is 14.8. The number of anilines is 1. The zero-order valence-electron chi connectivity index (χ0n) is 14.8. The molecule has 0 spiro atoms. The first-order valence-corrected chi connectivity index (χ1v) is 8.88. The number of benzene rings is 1. The molecule has 1 heterocycles. The highest BCUT2D eigenvalue weighted by Crippen LogP contribution is 2.18. The number of rotatable bonds is 7. The lowest BCUT2D eigenvalue weighted by atomic mass is 10.00. The van der Waals surface area contributed by atoms with Crippen molar-refractivity contribution in [2.45, 2.75) is 45.6 Å². The Bertz CT molecular complexity index is 503. The Morgan fingerprint density at radius 3 is 2.91 bits per heavy atom. The van der Waals surface area contributed by atoms with Crippen LogP contribution in [0.4, 0.5) is 5.69 Å². The monoisotopic (exact) mass is 317 g/mol. The number of hydrogen-bond donors (Lipinski definition) is 1. The van der Waals surface area contributed by atoms with Crippen LogP contribution in [0, 0.1) is 6.92 Å². The number of likely N-dealkylation sites (tertiary alicyclic amines) is 1. The lowest BCUT2D eigenvalue weighted by molar-refractivity contribution is -0.122. The Morgan fingerprint density at radius 1 is 1.39 bits per heavy atom. The molecule has 1 saturated heterocycles. The summed E-state index contributed by atoms with van der Waals surface area (Å²) < 4.78 is 0. The number of likely N-dealkylation sites (N-methyl/N-ethyl adjacent to an activating group) is 1. The number of carbonyl (C=O) groups is 1. The molecule has 4 nitrogen and oxygen atoms in total. The lowest BCUT2D eigenvalue weighted by Gasteiger charge is -2.32. The highest BCUT2D eigenvalue weighted by atomic mass is 16.1. The van der Waals surface area contributed by atoms with Gasteiger partial charge in [-0.25, -0.2) is 0 Å². The Morgan fingerprint density at radius 2 is 2.22 bits per heavy atom. The third-order valence-electron chi connectivity index (χ3n) is 4.79. The third-order valence-corrected chi connectivity index (χ3v) is 4.79. The number of amides is 1. The molecule has 1 aromatic rings. The molecule has 1 aromatic carbocycles. The SMILES string of the molecule is CCN(CCNC(=O)C[C@H]1CCCCN1C)c1cccc(C)c1. The van der Waals surface area contributed by atoms with Crippen LogP contribution >= 0.6 is 0 Å². The summed E-state index contributed by atoms with van der Waals surface area (Å²) in [6, 6.07) is 8.95. The molecular weight excluding hydrogens is 286 g/mol. The van der Waals surface area contributed by atoms with Gasteiger partial charge in [-0.15, -0.1) is 0 Å². The second-order valence-electron chi connectivity index (χ2n) is 6.60. The highest BCUT2D eigenvalue weighted by molar-refractivity contribution is 5.76. The molecule has 2 rings (SSSR count). The first-order valence-electron chi connectivity index (χ1n) is 8.88. The molecule has 1 N–H and O–H groups in total. The average molecular weight is 317 g/mol. The van der Waals surface area contributed by atoms with E-state index in [0.29, 0.717) is 19.0 Å². The summed E-state index contributed by atoms with van der Waals surface area (Å²) in [5.41, 5.74) is 2.50. The van der Waals surface area contributed by atoms with Crippen LogP contribution in [-0.2, 0) is 4.79 Å². The highest BCUT2D eigenvalue weighted by Gasteiger charge is 2.21. The molecule has 1 atom stereocenters. The van der Waals surface area contributed by atoms with E-state index in [1.54, 1.807) is 0 Å². The molecule has 0 radical (unpaired) electrons. The molecule has 1 fully saturated rings. The van der Waals surface area contributed by atoms with E-state index in [9.17, 15) is 4.79 Å². The summed E-state index contributed by atoms with van der Waals surface area (Å²) in [6.07, 6.45) is 4.29. The van der Waals surface area contributed by atoms with E-state index in [1.165, 1.54) is 24.1 Å². The van der Waals surface area contributed by atoms with Crippen LogP contribution in [-0.4, -0.2) is 50.1 Å². The number of carbonyl (C=O) groups excluding carboxylic acids is 1. The number of nitrogens with one attached hydrogen (secondary N) is 1. The van der Waals surface area contributed by atoms with Crippen molar-refractivity contribution in [2.24, 2.45) is 0 Å². The van der Waals surface area contributed by atoms with Gasteiger partial charge < -0.3 is 15.1 Å². The van der Waals surface area contributed by atoms with E-state index in [0.717, 1.165) is 26.1 Å². The zero-order chi connectivity index (χ0) is 16.7. The first kappa shape index (κ1) is 17.8. The Balaban J connectivity index is 1.75. The summed E-state index contributed by atoms with van der Waals surface area (Å²) in [6.45, 7) is 7.89. The second-order valence-corrected chi connectivity index (χ2v) is 6.60. The van der Waals surface area contributed by atoms with E-state index >= 15 is 0 Å². The third kappa shape index (κ3) is 5.54. The van der Waals surface area contributed by atoms with E-state index in [2.05, 4.69) is 60.3 Å². The molecule has 0 aromatic heterocycles. The Kier molecular flexibility index (Phi) is 6.90. The molecule has 128 valence electrons. The predicted octanol–water partition coefficient (Wildman–Crippen LogP) is 2.81. The minimum absolute atomic E-state index is 0.184. The van der Waals surface area contributed by atoms with Crippen molar-refractivity contribution < 1.29 is 4.79 Å². The van der Waals surface area contributed by atoms with E-state index in [1.807, 2.05) is 0 Å². The lowest BCUT2D eigenvalue weighted by Crippen LogP contribution is -2.41. The smallest absolute Gasteiger partial charge is 0.221 e. The van der Waals surface area contributed by atoms with Crippen molar-refractivity contribution in [3.63, 3.8) is 0 Å². The van der Waals surface area contributed by atoms with Gasteiger partial charge in [0.1, 0.15) is 0 Å². The van der Waals surface area contributed by atoms with Gasteiger partial charge >= 0.3 is 0 Å². The fraction of sp³-hybridized carbons (Fsp3) is 0.632. The van der Waals surface area contributed by atoms with Gasteiger partial charge in [0, 0.05) is 37.8 Å². The summed E-state index contributed by atoms with van der Waals surface area (Å²) in [5, 5.41) is 3.09. The van der Waals surface area contributed by atoms with Crippen molar-refractivity contribution in [2.75, 3.05) is 38.1 Å². The number of nitrogens with zero attached hydrogens (tertiary/aromatic N) is 2. The predicted molar refractivity (Wildman–Crippen MR) is 97.0 cm³/mol. The van der Waals surface area contributed by atoms with Crippen LogP contribution in [0.2, 0.25) is 0 Å². The largest absolute Gasteiger partial charge is 0.370 e. The Hall–Kier alpha value is -1.55. The van der Waals surface area contributed by atoms with Gasteiger partial charge in [-0.1, -0.05) is 18.6 Å². The fourth-order valence-corrected chi connectivity index (χ4v) is 3.31. The van der Waals surface area contributed by atoms with Crippen LogP contribution < -0.4 is 10.2 Å². The van der Waals surface area contributed by atoms with Gasteiger partial charge in [0.15, 0.2) is 0 Å². The van der Waals surface area contributed by atoms with E-state index < -0.39 is 0 Å². The molecule has 0 aliphatic carbocycles. The van der Waals surface area contributed by atoms with Crippen molar-refractivity contribution in [3.8, 4) is 0 Å². The van der Waals surface area contributed by atoms with Crippen molar-refractivity contribution in [1.29, 1.82) is 0 Å². The molecule has 1 amide bonds. The van der Waals surface area contributed by atoms with Crippen molar-refractivity contribution in [1.82, 2.24) is 10.2 Å². The quantitative estimate of drug-likeness (QED) is 0.840. The van der Waals surface area contributed by atoms with Crippen LogP contribution in [0.1, 0.15) is 38.2 Å². The molecular formula is C19H31N3O. The van der Waals surface area contributed by atoms with Crippen molar-refractivity contribution in [3.05, 3.63) is 29.8 Å². The minimum atomic E-state index is 0.184. The van der Waals surface area contributed by atoms with Gasteiger partial charge in [-0.3, -0.25) is 4.79 Å².